The predicted octanol–water partition coefficient (Wildman–Crippen LogP) is 5.91. The van der Waals surface area contributed by atoms with Gasteiger partial charge in [-0.3, -0.25) is 0 Å². The van der Waals surface area contributed by atoms with E-state index in [0.29, 0.717) is 10.8 Å². The third-order valence-corrected chi connectivity index (χ3v) is 5.39. The summed E-state index contributed by atoms with van der Waals surface area (Å²) < 4.78 is 0. The molecule has 0 saturated carbocycles. The van der Waals surface area contributed by atoms with Gasteiger partial charge < -0.3 is 0 Å². The number of rotatable bonds is 7. The zero-order chi connectivity index (χ0) is 13.0. The van der Waals surface area contributed by atoms with Gasteiger partial charge in [0.15, 0.2) is 0 Å². The first-order valence-corrected chi connectivity index (χ1v) is 7.21. The molecule has 0 aliphatic rings. The molecule has 0 rings (SSSR count). The minimum absolute atomic E-state index is 0.497. The first kappa shape index (κ1) is 16.0. The summed E-state index contributed by atoms with van der Waals surface area (Å²) >= 11 is 0. The normalized spacial score (nSPS) is 17.2. The fourth-order valence-corrected chi connectivity index (χ4v) is 2.42. The van der Waals surface area contributed by atoms with Crippen molar-refractivity contribution in [2.24, 2.45) is 22.7 Å². The largest absolute Gasteiger partial charge is 0.0651 e. The van der Waals surface area contributed by atoms with E-state index < -0.39 is 0 Å². The summed E-state index contributed by atoms with van der Waals surface area (Å²) in [6.45, 7) is 19.2. The van der Waals surface area contributed by atoms with Gasteiger partial charge in [-0.05, 0) is 29.1 Å². The van der Waals surface area contributed by atoms with Crippen molar-refractivity contribution >= 4 is 0 Å². The van der Waals surface area contributed by atoms with Crippen LogP contribution >= 0.6 is 0 Å². The Kier molecular flexibility index (Phi) is 6.07. The minimum Gasteiger partial charge on any atom is -0.0651 e. The van der Waals surface area contributed by atoms with Crippen molar-refractivity contribution in [3.05, 3.63) is 0 Å². The maximum Gasteiger partial charge on any atom is -0.0329 e. The van der Waals surface area contributed by atoms with Crippen molar-refractivity contribution in [3.63, 3.8) is 0 Å². The molecule has 0 spiro atoms. The quantitative estimate of drug-likeness (QED) is 0.506. The van der Waals surface area contributed by atoms with Crippen LogP contribution in [0.1, 0.15) is 81.1 Å². The average molecular weight is 226 g/mol. The van der Waals surface area contributed by atoms with Gasteiger partial charge in [0, 0.05) is 0 Å². The van der Waals surface area contributed by atoms with Crippen molar-refractivity contribution in [3.8, 4) is 0 Å². The number of hydrogen-bond donors (Lipinski definition) is 0. The second-order valence-electron chi connectivity index (χ2n) is 6.93. The van der Waals surface area contributed by atoms with Crippen LogP contribution < -0.4 is 0 Å². The SMILES string of the molecule is CCC(CC(C)C(C)(C)CC)C(C)(C)CC. The van der Waals surface area contributed by atoms with E-state index in [9.17, 15) is 0 Å². The fraction of sp³-hybridized carbons (Fsp3) is 1.00. The highest BCUT2D eigenvalue weighted by Crippen LogP contribution is 2.42. The van der Waals surface area contributed by atoms with Crippen molar-refractivity contribution in [1.29, 1.82) is 0 Å². The van der Waals surface area contributed by atoms with E-state index in [1.54, 1.807) is 0 Å². The molecule has 0 amide bonds. The third kappa shape index (κ3) is 4.11. The van der Waals surface area contributed by atoms with Crippen LogP contribution in [0.3, 0.4) is 0 Å². The van der Waals surface area contributed by atoms with Crippen LogP contribution in [0.4, 0.5) is 0 Å². The Morgan fingerprint density at radius 2 is 1.25 bits per heavy atom. The van der Waals surface area contributed by atoms with Gasteiger partial charge in [-0.25, -0.2) is 0 Å². The molecular weight excluding hydrogens is 192 g/mol. The highest BCUT2D eigenvalue weighted by Gasteiger charge is 2.32. The van der Waals surface area contributed by atoms with E-state index in [-0.39, 0.29) is 0 Å². The monoisotopic (exact) mass is 226 g/mol. The van der Waals surface area contributed by atoms with Crippen molar-refractivity contribution < 1.29 is 0 Å². The molecule has 16 heavy (non-hydrogen) atoms. The van der Waals surface area contributed by atoms with Crippen LogP contribution in [-0.2, 0) is 0 Å². The molecule has 0 N–H and O–H groups in total. The summed E-state index contributed by atoms with van der Waals surface area (Å²) in [7, 11) is 0. The molecular formula is C16H34. The summed E-state index contributed by atoms with van der Waals surface area (Å²) in [4.78, 5) is 0. The van der Waals surface area contributed by atoms with Gasteiger partial charge in [-0.2, -0.15) is 0 Å². The predicted molar refractivity (Wildman–Crippen MR) is 75.7 cm³/mol. The van der Waals surface area contributed by atoms with Crippen LogP contribution in [-0.4, -0.2) is 0 Å². The summed E-state index contributed by atoms with van der Waals surface area (Å²) in [5, 5.41) is 0. The molecule has 0 bridgehead atoms. The van der Waals surface area contributed by atoms with Gasteiger partial charge >= 0.3 is 0 Å². The first-order valence-electron chi connectivity index (χ1n) is 7.21. The summed E-state index contributed by atoms with van der Waals surface area (Å²) in [5.41, 5.74) is 1.00. The van der Waals surface area contributed by atoms with Crippen molar-refractivity contribution in [2.45, 2.75) is 81.1 Å². The molecule has 0 heteroatoms. The lowest BCUT2D eigenvalue weighted by Gasteiger charge is -2.39. The molecule has 98 valence electrons. The Morgan fingerprint density at radius 3 is 1.56 bits per heavy atom. The Labute approximate surface area is 104 Å². The second-order valence-corrected chi connectivity index (χ2v) is 6.93. The Bertz CT molecular complexity index is 188. The van der Waals surface area contributed by atoms with Crippen LogP contribution in [0, 0.1) is 22.7 Å². The zero-order valence-electron chi connectivity index (χ0n) is 13.0. The molecule has 0 aliphatic carbocycles. The summed E-state index contributed by atoms with van der Waals surface area (Å²) in [6, 6.07) is 0. The molecule has 0 radical (unpaired) electrons. The van der Waals surface area contributed by atoms with Gasteiger partial charge in [0.25, 0.3) is 0 Å². The molecule has 0 saturated heterocycles. The molecule has 2 atom stereocenters. The summed E-state index contributed by atoms with van der Waals surface area (Å²) in [6.07, 6.45) is 5.30. The van der Waals surface area contributed by atoms with E-state index in [1.165, 1.54) is 25.7 Å². The van der Waals surface area contributed by atoms with Crippen molar-refractivity contribution in [1.82, 2.24) is 0 Å². The second kappa shape index (κ2) is 6.07. The van der Waals surface area contributed by atoms with E-state index in [1.807, 2.05) is 0 Å². The minimum atomic E-state index is 0.497. The lowest BCUT2D eigenvalue weighted by Crippen LogP contribution is -2.29. The Morgan fingerprint density at radius 1 is 0.812 bits per heavy atom. The molecule has 2 unspecified atom stereocenters. The van der Waals surface area contributed by atoms with E-state index in [0.717, 1.165) is 11.8 Å². The molecule has 0 aromatic heterocycles. The first-order chi connectivity index (χ1) is 7.21. The fourth-order valence-electron chi connectivity index (χ4n) is 2.42. The maximum absolute atomic E-state index is 2.44. The molecule has 0 nitrogen and oxygen atoms in total. The Balaban J connectivity index is 4.56. The van der Waals surface area contributed by atoms with Gasteiger partial charge in [0.2, 0.25) is 0 Å². The topological polar surface area (TPSA) is 0 Å². The standard InChI is InChI=1S/C16H34/c1-9-14(16(7,8)11-3)12-13(4)15(5,6)10-2/h13-14H,9-12H2,1-8H3. The molecule has 0 heterocycles. The highest BCUT2D eigenvalue weighted by molar-refractivity contribution is 4.82. The molecule has 0 aliphatic heterocycles. The molecule has 0 aromatic carbocycles. The zero-order valence-corrected chi connectivity index (χ0v) is 13.0. The average Bonchev–Trinajstić information content (AvgIpc) is 2.24. The smallest absolute Gasteiger partial charge is 0.0329 e. The van der Waals surface area contributed by atoms with Crippen LogP contribution in [0.5, 0.6) is 0 Å². The van der Waals surface area contributed by atoms with Gasteiger partial charge in [-0.15, -0.1) is 0 Å². The lowest BCUT2D eigenvalue weighted by molar-refractivity contribution is 0.112. The van der Waals surface area contributed by atoms with Gasteiger partial charge in [0.1, 0.15) is 0 Å². The van der Waals surface area contributed by atoms with Crippen LogP contribution in [0.15, 0.2) is 0 Å². The van der Waals surface area contributed by atoms with Gasteiger partial charge in [-0.1, -0.05) is 74.7 Å². The molecule has 0 fully saturated rings. The maximum atomic E-state index is 2.44. The van der Waals surface area contributed by atoms with E-state index in [4.69, 9.17) is 0 Å². The summed E-state index contributed by atoms with van der Waals surface area (Å²) in [5.74, 6) is 1.70. The van der Waals surface area contributed by atoms with Crippen LogP contribution in [0.25, 0.3) is 0 Å². The molecule has 0 aromatic rings. The lowest BCUT2D eigenvalue weighted by atomic mass is 9.66. The van der Waals surface area contributed by atoms with Gasteiger partial charge in [0.05, 0.1) is 0 Å². The van der Waals surface area contributed by atoms with E-state index in [2.05, 4.69) is 55.4 Å². The van der Waals surface area contributed by atoms with Crippen LogP contribution in [0.2, 0.25) is 0 Å². The van der Waals surface area contributed by atoms with Crippen molar-refractivity contribution in [2.75, 3.05) is 0 Å². The van der Waals surface area contributed by atoms with E-state index >= 15 is 0 Å². The third-order valence-electron chi connectivity index (χ3n) is 5.39. The number of hydrogen-bond acceptors (Lipinski definition) is 0. The highest BCUT2D eigenvalue weighted by atomic mass is 14.4. The Hall–Kier alpha value is 0.